The first kappa shape index (κ1) is 21.7. The molecule has 6 heteroatoms. The number of hydrogen-bond donors (Lipinski definition) is 1. The number of nitrogens with one attached hydrogen (secondary N) is 1. The molecule has 2 amide bonds. The summed E-state index contributed by atoms with van der Waals surface area (Å²) in [6, 6.07) is 8.16. The van der Waals surface area contributed by atoms with Gasteiger partial charge in [0.1, 0.15) is 5.75 Å². The number of carbonyl (C=O) groups excluding carboxylic acids is 2. The molecule has 4 aliphatic carbocycles. The fraction of sp³-hybridized carbons (Fsp3) is 0.692. The van der Waals surface area contributed by atoms with Crippen molar-refractivity contribution in [2.45, 2.75) is 51.5 Å². The summed E-state index contributed by atoms with van der Waals surface area (Å²) in [4.78, 5) is 29.7. The fourth-order valence-electron chi connectivity index (χ4n) is 7.34. The van der Waals surface area contributed by atoms with Gasteiger partial charge in [-0.25, -0.2) is 0 Å². The Hall–Kier alpha value is -2.08. The van der Waals surface area contributed by atoms with Crippen molar-refractivity contribution in [3.63, 3.8) is 0 Å². The molecule has 4 bridgehead atoms. The SMILES string of the molecule is COc1ccc(CN2CCN(C(=O)CNC(=O)CC34CC5CC(CC(C5)C3)C4)CC2)cc1. The Morgan fingerprint density at radius 3 is 2.12 bits per heavy atom. The van der Waals surface area contributed by atoms with Crippen LogP contribution in [0.5, 0.6) is 5.75 Å². The maximum Gasteiger partial charge on any atom is 0.242 e. The van der Waals surface area contributed by atoms with Crippen LogP contribution in [0.3, 0.4) is 0 Å². The van der Waals surface area contributed by atoms with Gasteiger partial charge in [0.2, 0.25) is 11.8 Å². The molecule has 1 heterocycles. The van der Waals surface area contributed by atoms with Crippen molar-refractivity contribution in [2.75, 3.05) is 39.8 Å². The van der Waals surface area contributed by atoms with Gasteiger partial charge >= 0.3 is 0 Å². The molecule has 0 aromatic heterocycles. The lowest BCUT2D eigenvalue weighted by Crippen LogP contribution is -2.51. The molecule has 174 valence electrons. The van der Waals surface area contributed by atoms with Gasteiger partial charge in [0.05, 0.1) is 13.7 Å². The Kier molecular flexibility index (Phi) is 6.15. The number of carbonyl (C=O) groups is 2. The molecule has 0 radical (unpaired) electrons. The van der Waals surface area contributed by atoms with Crippen molar-refractivity contribution in [3.8, 4) is 5.75 Å². The van der Waals surface area contributed by atoms with E-state index in [1.807, 2.05) is 17.0 Å². The van der Waals surface area contributed by atoms with E-state index < -0.39 is 0 Å². The second-order valence-corrected chi connectivity index (χ2v) is 10.9. The Morgan fingerprint density at radius 2 is 1.56 bits per heavy atom. The van der Waals surface area contributed by atoms with E-state index in [9.17, 15) is 9.59 Å². The number of piperazine rings is 1. The molecule has 32 heavy (non-hydrogen) atoms. The van der Waals surface area contributed by atoms with E-state index in [0.29, 0.717) is 6.42 Å². The summed E-state index contributed by atoms with van der Waals surface area (Å²) in [5, 5.41) is 2.96. The van der Waals surface area contributed by atoms with Gasteiger partial charge in [-0.15, -0.1) is 0 Å². The molecule has 1 aromatic rings. The highest BCUT2D eigenvalue weighted by molar-refractivity contribution is 5.85. The standard InChI is InChI=1S/C26H37N3O3/c1-32-23-4-2-19(3-5-23)18-28-6-8-29(9-7-28)25(31)17-27-24(30)16-26-13-20-10-21(14-26)12-22(11-20)15-26/h2-5,20-22H,6-18H2,1H3,(H,27,30). The number of amides is 2. The van der Waals surface area contributed by atoms with E-state index in [1.54, 1.807) is 7.11 Å². The zero-order valence-corrected chi connectivity index (χ0v) is 19.4. The largest absolute Gasteiger partial charge is 0.497 e. The van der Waals surface area contributed by atoms with Crippen molar-refractivity contribution in [1.82, 2.24) is 15.1 Å². The van der Waals surface area contributed by atoms with Crippen molar-refractivity contribution < 1.29 is 14.3 Å². The molecule has 5 aliphatic rings. The highest BCUT2D eigenvalue weighted by Gasteiger charge is 2.51. The lowest BCUT2D eigenvalue weighted by Gasteiger charge is -2.56. The second kappa shape index (κ2) is 9.05. The zero-order chi connectivity index (χ0) is 22.1. The molecule has 6 nitrogen and oxygen atoms in total. The number of nitrogens with zero attached hydrogens (tertiary/aromatic N) is 2. The molecule has 1 saturated heterocycles. The number of rotatable bonds is 7. The van der Waals surface area contributed by atoms with Crippen molar-refractivity contribution in [3.05, 3.63) is 29.8 Å². The summed E-state index contributed by atoms with van der Waals surface area (Å²) in [6.07, 6.45) is 8.50. The van der Waals surface area contributed by atoms with E-state index in [1.165, 1.54) is 44.1 Å². The van der Waals surface area contributed by atoms with Gasteiger partial charge in [-0.05, 0) is 79.4 Å². The van der Waals surface area contributed by atoms with Gasteiger partial charge in [-0.1, -0.05) is 12.1 Å². The van der Waals surface area contributed by atoms with Crippen LogP contribution in [0.15, 0.2) is 24.3 Å². The van der Waals surface area contributed by atoms with Crippen LogP contribution in [0.1, 0.15) is 50.5 Å². The average molecular weight is 440 g/mol. The van der Waals surface area contributed by atoms with E-state index in [4.69, 9.17) is 4.74 Å². The van der Waals surface area contributed by atoms with Crippen molar-refractivity contribution in [1.29, 1.82) is 0 Å². The normalized spacial score (nSPS) is 31.5. The van der Waals surface area contributed by atoms with E-state index >= 15 is 0 Å². The minimum Gasteiger partial charge on any atom is -0.497 e. The van der Waals surface area contributed by atoms with E-state index in [0.717, 1.165) is 56.2 Å². The molecular weight excluding hydrogens is 402 g/mol. The summed E-state index contributed by atoms with van der Waals surface area (Å²) >= 11 is 0. The quantitative estimate of drug-likeness (QED) is 0.709. The molecule has 1 aliphatic heterocycles. The minimum atomic E-state index is 0.0490. The third kappa shape index (κ3) is 4.80. The third-order valence-electron chi connectivity index (χ3n) is 8.43. The molecule has 0 unspecified atom stereocenters. The average Bonchev–Trinajstić information content (AvgIpc) is 2.77. The lowest BCUT2D eigenvalue weighted by molar-refractivity contribution is -0.136. The summed E-state index contributed by atoms with van der Waals surface area (Å²) in [5.74, 6) is 3.56. The first-order chi connectivity index (χ1) is 15.5. The van der Waals surface area contributed by atoms with Crippen LogP contribution in [0.4, 0.5) is 0 Å². The molecule has 6 rings (SSSR count). The van der Waals surface area contributed by atoms with Crippen LogP contribution in [0.2, 0.25) is 0 Å². The first-order valence-corrected chi connectivity index (χ1v) is 12.4. The van der Waals surface area contributed by atoms with Crippen LogP contribution in [0, 0.1) is 23.2 Å². The number of methoxy groups -OCH3 is 1. The maximum absolute atomic E-state index is 12.7. The number of hydrogen-bond acceptors (Lipinski definition) is 4. The monoisotopic (exact) mass is 439 g/mol. The van der Waals surface area contributed by atoms with Gasteiger partial charge in [-0.3, -0.25) is 14.5 Å². The van der Waals surface area contributed by atoms with Gasteiger partial charge < -0.3 is 15.0 Å². The molecule has 4 saturated carbocycles. The van der Waals surface area contributed by atoms with Crippen LogP contribution < -0.4 is 10.1 Å². The van der Waals surface area contributed by atoms with Crippen molar-refractivity contribution >= 4 is 11.8 Å². The van der Waals surface area contributed by atoms with Crippen LogP contribution in [0.25, 0.3) is 0 Å². The van der Waals surface area contributed by atoms with Gasteiger partial charge in [-0.2, -0.15) is 0 Å². The minimum absolute atomic E-state index is 0.0490. The zero-order valence-electron chi connectivity index (χ0n) is 19.4. The third-order valence-corrected chi connectivity index (χ3v) is 8.43. The van der Waals surface area contributed by atoms with Gasteiger partial charge in [0.15, 0.2) is 0 Å². The Bertz CT molecular complexity index is 794. The Labute approximate surface area is 191 Å². The van der Waals surface area contributed by atoms with Crippen LogP contribution in [-0.4, -0.2) is 61.4 Å². The molecular formula is C26H37N3O3. The van der Waals surface area contributed by atoms with Crippen LogP contribution >= 0.6 is 0 Å². The smallest absolute Gasteiger partial charge is 0.242 e. The highest BCUT2D eigenvalue weighted by Crippen LogP contribution is 2.61. The van der Waals surface area contributed by atoms with E-state index in [-0.39, 0.29) is 23.8 Å². The lowest BCUT2D eigenvalue weighted by atomic mass is 9.49. The first-order valence-electron chi connectivity index (χ1n) is 12.4. The predicted molar refractivity (Wildman–Crippen MR) is 123 cm³/mol. The van der Waals surface area contributed by atoms with Crippen LogP contribution in [-0.2, 0) is 16.1 Å². The molecule has 1 N–H and O–H groups in total. The summed E-state index contributed by atoms with van der Waals surface area (Å²) in [5.41, 5.74) is 1.48. The maximum atomic E-state index is 12.7. The summed E-state index contributed by atoms with van der Waals surface area (Å²) < 4.78 is 5.22. The summed E-state index contributed by atoms with van der Waals surface area (Å²) in [6.45, 7) is 4.19. The topological polar surface area (TPSA) is 61.9 Å². The Balaban J connectivity index is 1.04. The van der Waals surface area contributed by atoms with Gasteiger partial charge in [0.25, 0.3) is 0 Å². The molecule has 5 fully saturated rings. The van der Waals surface area contributed by atoms with Crippen molar-refractivity contribution in [2.24, 2.45) is 23.2 Å². The molecule has 1 aromatic carbocycles. The predicted octanol–water partition coefficient (Wildman–Crippen LogP) is 3.06. The highest BCUT2D eigenvalue weighted by atomic mass is 16.5. The van der Waals surface area contributed by atoms with Gasteiger partial charge in [0, 0.05) is 39.1 Å². The molecule has 0 spiro atoms. The fourth-order valence-corrected chi connectivity index (χ4v) is 7.34. The molecule has 0 atom stereocenters. The van der Waals surface area contributed by atoms with E-state index in [2.05, 4.69) is 22.3 Å². The second-order valence-electron chi connectivity index (χ2n) is 10.9. The number of benzene rings is 1. The number of ether oxygens (including phenoxy) is 1. The summed E-state index contributed by atoms with van der Waals surface area (Å²) in [7, 11) is 1.68. The Morgan fingerprint density at radius 1 is 0.969 bits per heavy atom.